The Hall–Kier alpha value is -1.55. The molecular weight excluding hydrogens is 314 g/mol. The molecule has 0 aliphatic heterocycles. The van der Waals surface area contributed by atoms with Gasteiger partial charge < -0.3 is 0 Å². The molecule has 19 heavy (non-hydrogen) atoms. The molecule has 0 aliphatic carbocycles. The lowest BCUT2D eigenvalue weighted by Gasteiger charge is -2.06. The zero-order valence-corrected chi connectivity index (χ0v) is 11.8. The molecule has 4 heteroatoms. The molecule has 0 atom stereocenters. The Morgan fingerprint density at radius 2 is 1.84 bits per heavy atom. The summed E-state index contributed by atoms with van der Waals surface area (Å²) in [5.41, 5.74) is 1.90. The van der Waals surface area contributed by atoms with Crippen LogP contribution >= 0.6 is 15.9 Å². The van der Waals surface area contributed by atoms with Gasteiger partial charge in [0.05, 0.1) is 0 Å². The Balaban J connectivity index is 2.23. The quantitative estimate of drug-likeness (QED) is 0.762. The molecular formula is C15H11BrF2O. The molecule has 0 bridgehead atoms. The average Bonchev–Trinajstić information content (AvgIpc) is 2.33. The van der Waals surface area contributed by atoms with Gasteiger partial charge in [-0.3, -0.25) is 4.79 Å². The normalized spacial score (nSPS) is 10.5. The van der Waals surface area contributed by atoms with Crippen LogP contribution < -0.4 is 0 Å². The maximum atomic E-state index is 13.1. The zero-order chi connectivity index (χ0) is 14.0. The molecule has 0 saturated heterocycles. The molecule has 2 aromatic rings. The molecule has 0 spiro atoms. The van der Waals surface area contributed by atoms with E-state index < -0.39 is 11.6 Å². The first-order valence-electron chi connectivity index (χ1n) is 5.70. The molecule has 2 aromatic carbocycles. The smallest absolute Gasteiger partial charge is 0.167 e. The number of hydrogen-bond donors (Lipinski definition) is 0. The van der Waals surface area contributed by atoms with Crippen LogP contribution in [-0.4, -0.2) is 5.78 Å². The molecule has 0 aromatic heterocycles. The van der Waals surface area contributed by atoms with Crippen LogP contribution in [0.3, 0.4) is 0 Å². The predicted molar refractivity (Wildman–Crippen MR) is 73.3 cm³/mol. The van der Waals surface area contributed by atoms with E-state index in [0.29, 0.717) is 11.1 Å². The van der Waals surface area contributed by atoms with Crippen molar-refractivity contribution in [2.45, 2.75) is 13.3 Å². The topological polar surface area (TPSA) is 17.1 Å². The number of aryl methyl sites for hydroxylation is 1. The molecule has 0 heterocycles. The van der Waals surface area contributed by atoms with Gasteiger partial charge in [-0.1, -0.05) is 28.1 Å². The first kappa shape index (κ1) is 13.9. The summed E-state index contributed by atoms with van der Waals surface area (Å²) in [7, 11) is 0. The van der Waals surface area contributed by atoms with Gasteiger partial charge in [-0.25, -0.2) is 8.78 Å². The number of halogens is 3. The van der Waals surface area contributed by atoms with Crippen molar-refractivity contribution in [3.05, 3.63) is 69.2 Å². The van der Waals surface area contributed by atoms with Crippen LogP contribution in [0.2, 0.25) is 0 Å². The Morgan fingerprint density at radius 3 is 2.47 bits per heavy atom. The van der Waals surface area contributed by atoms with Crippen LogP contribution in [0.1, 0.15) is 21.5 Å². The van der Waals surface area contributed by atoms with Crippen LogP contribution in [0.25, 0.3) is 0 Å². The standard InChI is InChI=1S/C15H11BrF2O/c1-9-6-11(16)3-4-12(9)15(19)8-10-2-5-13(17)14(18)7-10/h2-7H,8H2,1H3. The number of ketones is 1. The second-order valence-corrected chi connectivity index (χ2v) is 5.22. The highest BCUT2D eigenvalue weighted by Crippen LogP contribution is 2.18. The van der Waals surface area contributed by atoms with Crippen molar-refractivity contribution in [1.29, 1.82) is 0 Å². The predicted octanol–water partition coefficient (Wildman–Crippen LogP) is 4.46. The summed E-state index contributed by atoms with van der Waals surface area (Å²) < 4.78 is 26.8. The Morgan fingerprint density at radius 1 is 1.11 bits per heavy atom. The summed E-state index contributed by atoms with van der Waals surface area (Å²) in [5, 5.41) is 0. The Labute approximate surface area is 118 Å². The first-order valence-corrected chi connectivity index (χ1v) is 6.50. The molecule has 0 amide bonds. The minimum Gasteiger partial charge on any atom is -0.294 e. The van der Waals surface area contributed by atoms with Gasteiger partial charge in [0.25, 0.3) is 0 Å². The van der Waals surface area contributed by atoms with Gasteiger partial charge in [0.2, 0.25) is 0 Å². The van der Waals surface area contributed by atoms with E-state index in [1.54, 1.807) is 12.1 Å². The molecule has 0 unspecified atom stereocenters. The summed E-state index contributed by atoms with van der Waals surface area (Å²) in [6.45, 7) is 1.84. The summed E-state index contributed by atoms with van der Waals surface area (Å²) in [4.78, 5) is 12.1. The SMILES string of the molecule is Cc1cc(Br)ccc1C(=O)Cc1ccc(F)c(F)c1. The molecule has 0 aliphatic rings. The molecule has 2 rings (SSSR count). The second-order valence-electron chi connectivity index (χ2n) is 4.31. The van der Waals surface area contributed by atoms with Crippen molar-refractivity contribution in [2.75, 3.05) is 0 Å². The first-order chi connectivity index (χ1) is 8.97. The van der Waals surface area contributed by atoms with Gasteiger partial charge in [0.15, 0.2) is 17.4 Å². The summed E-state index contributed by atoms with van der Waals surface area (Å²) >= 11 is 3.33. The number of carbonyl (C=O) groups excluding carboxylic acids is 1. The largest absolute Gasteiger partial charge is 0.294 e. The van der Waals surface area contributed by atoms with Crippen molar-refractivity contribution in [3.63, 3.8) is 0 Å². The van der Waals surface area contributed by atoms with Crippen LogP contribution in [0.15, 0.2) is 40.9 Å². The van der Waals surface area contributed by atoms with Gasteiger partial charge in [0, 0.05) is 16.5 Å². The van der Waals surface area contributed by atoms with Crippen LogP contribution in [-0.2, 0) is 6.42 Å². The van der Waals surface area contributed by atoms with Crippen molar-refractivity contribution in [2.24, 2.45) is 0 Å². The van der Waals surface area contributed by atoms with Gasteiger partial charge >= 0.3 is 0 Å². The fraction of sp³-hybridized carbons (Fsp3) is 0.133. The van der Waals surface area contributed by atoms with E-state index in [-0.39, 0.29) is 12.2 Å². The minimum absolute atomic E-state index is 0.0552. The van der Waals surface area contributed by atoms with E-state index in [2.05, 4.69) is 15.9 Å². The van der Waals surface area contributed by atoms with Crippen LogP contribution in [0.5, 0.6) is 0 Å². The van der Waals surface area contributed by atoms with Crippen molar-refractivity contribution < 1.29 is 13.6 Å². The molecule has 1 nitrogen and oxygen atoms in total. The van der Waals surface area contributed by atoms with E-state index in [1.807, 2.05) is 13.0 Å². The molecule has 0 saturated carbocycles. The monoisotopic (exact) mass is 324 g/mol. The van der Waals surface area contributed by atoms with Crippen LogP contribution in [0, 0.1) is 18.6 Å². The fourth-order valence-electron chi connectivity index (χ4n) is 1.87. The van der Waals surface area contributed by atoms with Crippen molar-refractivity contribution >= 4 is 21.7 Å². The number of carbonyl (C=O) groups is 1. The van der Waals surface area contributed by atoms with Gasteiger partial charge in [-0.05, 0) is 42.3 Å². The third-order valence-corrected chi connectivity index (χ3v) is 3.33. The minimum atomic E-state index is -0.933. The van der Waals surface area contributed by atoms with E-state index in [4.69, 9.17) is 0 Å². The van der Waals surface area contributed by atoms with Gasteiger partial charge in [0.1, 0.15) is 0 Å². The van der Waals surface area contributed by atoms with E-state index in [0.717, 1.165) is 22.2 Å². The van der Waals surface area contributed by atoms with E-state index in [9.17, 15) is 13.6 Å². The number of hydrogen-bond acceptors (Lipinski definition) is 1. The van der Waals surface area contributed by atoms with Crippen LogP contribution in [0.4, 0.5) is 8.78 Å². The zero-order valence-electron chi connectivity index (χ0n) is 10.2. The lowest BCUT2D eigenvalue weighted by molar-refractivity contribution is 0.0992. The molecule has 98 valence electrons. The third kappa shape index (κ3) is 3.26. The highest BCUT2D eigenvalue weighted by molar-refractivity contribution is 9.10. The number of benzene rings is 2. The summed E-state index contributed by atoms with van der Waals surface area (Å²) in [6, 6.07) is 8.86. The Bertz CT molecular complexity index is 638. The molecule has 0 fully saturated rings. The third-order valence-electron chi connectivity index (χ3n) is 2.84. The Kier molecular flexibility index (Phi) is 4.10. The summed E-state index contributed by atoms with van der Waals surface area (Å²) in [5.74, 6) is -1.95. The van der Waals surface area contributed by atoms with E-state index in [1.165, 1.54) is 6.07 Å². The average molecular weight is 325 g/mol. The van der Waals surface area contributed by atoms with E-state index >= 15 is 0 Å². The number of Topliss-reactive ketones (excluding diaryl/α,β-unsaturated/α-hetero) is 1. The summed E-state index contributed by atoms with van der Waals surface area (Å²) in [6.07, 6.45) is 0.0552. The van der Waals surface area contributed by atoms with Crippen molar-refractivity contribution in [3.8, 4) is 0 Å². The highest BCUT2D eigenvalue weighted by Gasteiger charge is 2.11. The second kappa shape index (κ2) is 5.61. The lowest BCUT2D eigenvalue weighted by Crippen LogP contribution is -2.06. The molecule has 0 radical (unpaired) electrons. The van der Waals surface area contributed by atoms with Gasteiger partial charge in [-0.2, -0.15) is 0 Å². The highest BCUT2D eigenvalue weighted by atomic mass is 79.9. The fourth-order valence-corrected chi connectivity index (χ4v) is 2.35. The van der Waals surface area contributed by atoms with Crippen molar-refractivity contribution in [1.82, 2.24) is 0 Å². The molecule has 0 N–H and O–H groups in total. The maximum Gasteiger partial charge on any atom is 0.167 e. The number of rotatable bonds is 3. The van der Waals surface area contributed by atoms with Gasteiger partial charge in [-0.15, -0.1) is 0 Å². The lowest BCUT2D eigenvalue weighted by atomic mass is 9.99. The maximum absolute atomic E-state index is 13.1.